The third kappa shape index (κ3) is 10.1. The van der Waals surface area contributed by atoms with E-state index in [0.717, 1.165) is 0 Å². The third-order valence-corrected chi connectivity index (χ3v) is 5.55. The Morgan fingerprint density at radius 3 is 1.94 bits per heavy atom. The highest BCUT2D eigenvalue weighted by Crippen LogP contribution is 2.08. The molecule has 0 heterocycles. The number of aliphatic hydroxyl groups is 1. The lowest BCUT2D eigenvalue weighted by Crippen LogP contribution is -2.58. The Morgan fingerprint density at radius 1 is 0.886 bits per heavy atom. The van der Waals surface area contributed by atoms with Gasteiger partial charge in [-0.05, 0) is 17.9 Å². The molecule has 0 bridgehead atoms. The molecule has 5 unspecified atom stereocenters. The van der Waals surface area contributed by atoms with Crippen LogP contribution in [0.5, 0.6) is 0 Å². The van der Waals surface area contributed by atoms with Crippen LogP contribution < -0.4 is 21.7 Å². The summed E-state index contributed by atoms with van der Waals surface area (Å²) >= 11 is 0. The zero-order valence-electron chi connectivity index (χ0n) is 19.8. The van der Waals surface area contributed by atoms with E-state index < -0.39 is 66.9 Å². The number of nitrogens with one attached hydrogen (secondary N) is 3. The number of carboxylic acids is 2. The molecule has 0 aromatic heterocycles. The summed E-state index contributed by atoms with van der Waals surface area (Å²) in [4.78, 5) is 60.4. The van der Waals surface area contributed by atoms with Crippen LogP contribution in [0, 0.1) is 5.92 Å². The van der Waals surface area contributed by atoms with Crippen molar-refractivity contribution in [3.63, 3.8) is 0 Å². The Balaban J connectivity index is 2.91. The van der Waals surface area contributed by atoms with Gasteiger partial charge in [-0.15, -0.1) is 0 Å². The second kappa shape index (κ2) is 14.7. The van der Waals surface area contributed by atoms with Crippen LogP contribution >= 0.6 is 0 Å². The Bertz CT molecular complexity index is 880. The van der Waals surface area contributed by atoms with Crippen molar-refractivity contribution >= 4 is 29.7 Å². The van der Waals surface area contributed by atoms with Gasteiger partial charge in [-0.1, -0.05) is 50.6 Å². The van der Waals surface area contributed by atoms with E-state index in [2.05, 4.69) is 16.0 Å². The van der Waals surface area contributed by atoms with Crippen molar-refractivity contribution < 1.29 is 39.3 Å². The van der Waals surface area contributed by atoms with Gasteiger partial charge in [-0.25, -0.2) is 4.79 Å². The summed E-state index contributed by atoms with van der Waals surface area (Å²) in [5.74, 6) is -5.25. The molecule has 0 radical (unpaired) electrons. The first kappa shape index (κ1) is 29.5. The molecule has 12 nitrogen and oxygen atoms in total. The first-order chi connectivity index (χ1) is 16.5. The van der Waals surface area contributed by atoms with E-state index in [4.69, 9.17) is 10.8 Å². The predicted octanol–water partition coefficient (Wildman–Crippen LogP) is -1.00. The van der Waals surface area contributed by atoms with Gasteiger partial charge in [0.2, 0.25) is 17.7 Å². The summed E-state index contributed by atoms with van der Waals surface area (Å²) in [5.41, 5.74) is 6.53. The minimum absolute atomic E-state index is 0.0290. The van der Waals surface area contributed by atoms with E-state index in [0.29, 0.717) is 12.0 Å². The fourth-order valence-electron chi connectivity index (χ4n) is 3.11. The minimum atomic E-state index is -1.53. The van der Waals surface area contributed by atoms with Crippen LogP contribution in [0.1, 0.15) is 38.7 Å². The van der Waals surface area contributed by atoms with E-state index in [1.165, 1.54) is 0 Å². The third-order valence-electron chi connectivity index (χ3n) is 5.55. The van der Waals surface area contributed by atoms with Crippen molar-refractivity contribution in [1.29, 1.82) is 0 Å². The summed E-state index contributed by atoms with van der Waals surface area (Å²) in [7, 11) is 0. The van der Waals surface area contributed by atoms with Crippen LogP contribution in [0.25, 0.3) is 0 Å². The summed E-state index contributed by atoms with van der Waals surface area (Å²) in [6, 6.07) is 3.42. The molecule has 1 aromatic carbocycles. The van der Waals surface area contributed by atoms with E-state index in [-0.39, 0.29) is 18.8 Å². The predicted molar refractivity (Wildman–Crippen MR) is 125 cm³/mol. The Kier molecular flexibility index (Phi) is 12.4. The molecule has 0 aliphatic heterocycles. The second-order valence-electron chi connectivity index (χ2n) is 8.24. The molecule has 1 aromatic rings. The van der Waals surface area contributed by atoms with E-state index >= 15 is 0 Å². The van der Waals surface area contributed by atoms with Crippen LogP contribution in [-0.2, 0) is 30.4 Å². The molecule has 12 heteroatoms. The largest absolute Gasteiger partial charge is 0.481 e. The number of rotatable bonds is 15. The van der Waals surface area contributed by atoms with E-state index in [9.17, 15) is 34.2 Å². The number of carbonyl (C=O) groups is 5. The fraction of sp³-hybridized carbons (Fsp3) is 0.522. The lowest BCUT2D eigenvalue weighted by molar-refractivity contribution is -0.142. The van der Waals surface area contributed by atoms with Gasteiger partial charge in [0.25, 0.3) is 0 Å². The number of carboxylic acid groups (broad SMARTS) is 2. The van der Waals surface area contributed by atoms with Gasteiger partial charge >= 0.3 is 11.9 Å². The van der Waals surface area contributed by atoms with Gasteiger partial charge in [0.1, 0.15) is 18.1 Å². The van der Waals surface area contributed by atoms with Crippen LogP contribution in [0.2, 0.25) is 0 Å². The molecule has 0 spiro atoms. The normalized spacial score (nSPS) is 15.1. The monoisotopic (exact) mass is 494 g/mol. The van der Waals surface area contributed by atoms with Crippen molar-refractivity contribution in [3.8, 4) is 0 Å². The summed E-state index contributed by atoms with van der Waals surface area (Å²) in [6.45, 7) is 2.72. The van der Waals surface area contributed by atoms with Crippen molar-refractivity contribution in [3.05, 3.63) is 35.9 Å². The number of hydrogen-bond acceptors (Lipinski definition) is 7. The van der Waals surface area contributed by atoms with Crippen LogP contribution in [-0.4, -0.2) is 75.8 Å². The lowest BCUT2D eigenvalue weighted by Gasteiger charge is -2.25. The second-order valence-corrected chi connectivity index (χ2v) is 8.24. The number of benzene rings is 1. The number of aliphatic carboxylic acids is 2. The van der Waals surface area contributed by atoms with Crippen molar-refractivity contribution in [2.45, 2.75) is 63.7 Å². The Hall–Kier alpha value is -3.51. The number of aliphatic hydroxyl groups excluding tert-OH is 1. The number of carbonyl (C=O) groups excluding carboxylic acids is 3. The first-order valence-corrected chi connectivity index (χ1v) is 11.3. The number of nitrogens with two attached hydrogens (primary N) is 1. The lowest BCUT2D eigenvalue weighted by atomic mass is 9.98. The average Bonchev–Trinajstić information content (AvgIpc) is 2.83. The first-order valence-electron chi connectivity index (χ1n) is 11.3. The van der Waals surface area contributed by atoms with Crippen LogP contribution in [0.3, 0.4) is 0 Å². The standard InChI is InChI=1S/C23H34N4O8/c1-3-13(2)19(24)22(33)25-15(9-10-18(29)30)20(31)27-17(12-28)21(32)26-16(23(34)35)11-14-7-5-4-6-8-14/h4-8,13,15-17,19,28H,3,9-12,24H2,1-2H3,(H,25,33)(H,26,32)(H,27,31)(H,29,30)(H,34,35). The SMILES string of the molecule is CCC(C)C(N)C(=O)NC(CCC(=O)O)C(=O)NC(CO)C(=O)NC(Cc1ccccc1)C(=O)O. The van der Waals surface area contributed by atoms with Gasteiger partial charge in [-0.2, -0.15) is 0 Å². The maximum atomic E-state index is 12.8. The highest BCUT2D eigenvalue weighted by molar-refractivity contribution is 5.94. The van der Waals surface area contributed by atoms with Gasteiger partial charge < -0.3 is 37.0 Å². The topological polar surface area (TPSA) is 208 Å². The molecule has 1 rings (SSSR count). The molecule has 0 aliphatic rings. The van der Waals surface area contributed by atoms with E-state index in [1.54, 1.807) is 37.3 Å². The molecule has 0 aliphatic carbocycles. The highest BCUT2D eigenvalue weighted by atomic mass is 16.4. The van der Waals surface area contributed by atoms with Crippen molar-refractivity contribution in [2.75, 3.05) is 6.61 Å². The summed E-state index contributed by atoms with van der Waals surface area (Å²) in [6.07, 6.45) is -0.170. The van der Waals surface area contributed by atoms with Gasteiger partial charge in [0.05, 0.1) is 12.6 Å². The minimum Gasteiger partial charge on any atom is -0.481 e. The zero-order valence-corrected chi connectivity index (χ0v) is 19.8. The fourth-order valence-corrected chi connectivity index (χ4v) is 3.11. The van der Waals surface area contributed by atoms with Gasteiger partial charge in [-0.3, -0.25) is 19.2 Å². The molecular formula is C23H34N4O8. The smallest absolute Gasteiger partial charge is 0.326 e. The van der Waals surface area contributed by atoms with E-state index in [1.807, 2.05) is 6.92 Å². The molecule has 35 heavy (non-hydrogen) atoms. The maximum absolute atomic E-state index is 12.8. The van der Waals surface area contributed by atoms with Crippen LogP contribution in [0.4, 0.5) is 0 Å². The average molecular weight is 495 g/mol. The molecule has 3 amide bonds. The van der Waals surface area contributed by atoms with Crippen molar-refractivity contribution in [2.24, 2.45) is 11.7 Å². The molecule has 0 saturated heterocycles. The zero-order chi connectivity index (χ0) is 26.5. The quantitative estimate of drug-likeness (QED) is 0.159. The van der Waals surface area contributed by atoms with Crippen molar-refractivity contribution in [1.82, 2.24) is 16.0 Å². The molecule has 0 saturated carbocycles. The van der Waals surface area contributed by atoms with Gasteiger partial charge in [0.15, 0.2) is 0 Å². The molecule has 194 valence electrons. The molecule has 0 fully saturated rings. The Morgan fingerprint density at radius 2 is 1.43 bits per heavy atom. The Labute approximate surface area is 203 Å². The molecule has 8 N–H and O–H groups in total. The van der Waals surface area contributed by atoms with Crippen LogP contribution in [0.15, 0.2) is 30.3 Å². The number of hydrogen-bond donors (Lipinski definition) is 7. The molecular weight excluding hydrogens is 460 g/mol. The van der Waals surface area contributed by atoms with Gasteiger partial charge in [0, 0.05) is 12.8 Å². The highest BCUT2D eigenvalue weighted by Gasteiger charge is 2.31. The summed E-state index contributed by atoms with van der Waals surface area (Å²) < 4.78 is 0. The molecule has 5 atom stereocenters. The number of amides is 3. The summed E-state index contributed by atoms with van der Waals surface area (Å²) in [5, 5.41) is 35.0. The maximum Gasteiger partial charge on any atom is 0.326 e.